The molecule has 0 N–H and O–H groups in total. The highest BCUT2D eigenvalue weighted by Crippen LogP contribution is 2.35. The third-order valence-electron chi connectivity index (χ3n) is 8.43. The molecule has 9 rings (SSSR count). The van der Waals surface area contributed by atoms with E-state index in [0.717, 1.165) is 49.6 Å². The van der Waals surface area contributed by atoms with E-state index in [-0.39, 0.29) is 5.56 Å². The predicted octanol–water partition coefficient (Wildman–Crippen LogP) is 8.13. The Bertz CT molecular complexity index is 2600. The van der Waals surface area contributed by atoms with Gasteiger partial charge in [-0.25, -0.2) is 4.98 Å². The fourth-order valence-corrected chi connectivity index (χ4v) is 6.24. The smallest absolute Gasteiger partial charge is 0.281 e. The van der Waals surface area contributed by atoms with Crippen LogP contribution in [-0.2, 0) is 0 Å². The van der Waals surface area contributed by atoms with Crippen molar-refractivity contribution in [2.24, 2.45) is 0 Å². The Labute approximate surface area is 262 Å². The van der Waals surface area contributed by atoms with E-state index in [1.807, 2.05) is 108 Å². The van der Waals surface area contributed by atoms with Crippen LogP contribution in [0.2, 0.25) is 0 Å². The van der Waals surface area contributed by atoms with E-state index < -0.39 is 0 Å². The minimum absolute atomic E-state index is 0.221. The molecule has 4 aromatic heterocycles. The number of hydrogen-bond acceptors (Lipinski definition) is 5. The first-order valence-corrected chi connectivity index (χ1v) is 15.0. The average molecular weight is 593 g/mol. The molecule has 0 unspecified atom stereocenters. The van der Waals surface area contributed by atoms with E-state index in [4.69, 9.17) is 15.0 Å². The van der Waals surface area contributed by atoms with E-state index in [1.54, 1.807) is 0 Å². The second kappa shape index (κ2) is 10.3. The van der Waals surface area contributed by atoms with Gasteiger partial charge in [-0.2, -0.15) is 15.0 Å². The van der Waals surface area contributed by atoms with Gasteiger partial charge in [-0.15, -0.1) is 0 Å². The minimum atomic E-state index is -0.221. The van der Waals surface area contributed by atoms with Gasteiger partial charge in [0.25, 0.3) is 5.56 Å². The summed E-state index contributed by atoms with van der Waals surface area (Å²) < 4.78 is 4.11. The quantitative estimate of drug-likeness (QED) is 0.193. The second-order valence-electron chi connectivity index (χ2n) is 11.2. The predicted molar refractivity (Wildman–Crippen MR) is 183 cm³/mol. The van der Waals surface area contributed by atoms with Crippen LogP contribution in [0.4, 0.5) is 0 Å². The lowest BCUT2D eigenvalue weighted by Gasteiger charge is -2.11. The fraction of sp³-hybridized carbons (Fsp3) is 0. The van der Waals surface area contributed by atoms with E-state index in [2.05, 4.69) is 52.1 Å². The monoisotopic (exact) mass is 592 g/mol. The summed E-state index contributed by atoms with van der Waals surface area (Å²) in [6.45, 7) is 0. The van der Waals surface area contributed by atoms with Gasteiger partial charge in [-0.3, -0.25) is 9.36 Å². The number of rotatable bonds is 4. The third kappa shape index (κ3) is 4.17. The van der Waals surface area contributed by atoms with Crippen molar-refractivity contribution >= 4 is 38.4 Å². The van der Waals surface area contributed by atoms with Gasteiger partial charge >= 0.3 is 0 Å². The number of pyridine rings is 1. The Hall–Kier alpha value is -6.47. The van der Waals surface area contributed by atoms with Crippen LogP contribution in [-0.4, -0.2) is 28.9 Å². The first-order chi connectivity index (χ1) is 22.7. The van der Waals surface area contributed by atoms with Crippen LogP contribution >= 0.6 is 0 Å². The zero-order valence-corrected chi connectivity index (χ0v) is 24.4. The topological polar surface area (TPSA) is 78.0 Å². The number of benzene rings is 5. The summed E-state index contributed by atoms with van der Waals surface area (Å²) in [6, 6.07) is 46.3. The molecule has 0 fully saturated rings. The molecule has 0 spiro atoms. The zero-order valence-electron chi connectivity index (χ0n) is 24.4. The fourth-order valence-electron chi connectivity index (χ4n) is 6.24. The first kappa shape index (κ1) is 26.0. The molecular formula is C39H24N6O. The van der Waals surface area contributed by atoms with Crippen molar-refractivity contribution in [1.82, 2.24) is 28.9 Å². The molecule has 5 aromatic carbocycles. The van der Waals surface area contributed by atoms with Crippen LogP contribution in [0, 0.1) is 0 Å². The number of para-hydroxylation sites is 2. The molecule has 0 amide bonds. The van der Waals surface area contributed by atoms with Crippen molar-refractivity contribution in [3.8, 4) is 39.9 Å². The molecule has 0 aliphatic rings. The lowest BCUT2D eigenvalue weighted by Crippen LogP contribution is -2.10. The Balaban J connectivity index is 1.27. The van der Waals surface area contributed by atoms with E-state index >= 15 is 0 Å². The molecule has 0 atom stereocenters. The Morgan fingerprint density at radius 1 is 0.435 bits per heavy atom. The second-order valence-corrected chi connectivity index (χ2v) is 11.2. The minimum Gasteiger partial charge on any atom is -0.300 e. The molecule has 0 saturated heterocycles. The highest BCUT2D eigenvalue weighted by Gasteiger charge is 2.18. The number of hydrogen-bond donors (Lipinski definition) is 0. The summed E-state index contributed by atoms with van der Waals surface area (Å²) in [5.41, 5.74) is 7.12. The molecule has 0 saturated carbocycles. The first-order valence-electron chi connectivity index (χ1n) is 15.0. The molecule has 0 radical (unpaired) electrons. The van der Waals surface area contributed by atoms with E-state index in [9.17, 15) is 4.79 Å². The molecule has 0 aliphatic heterocycles. The van der Waals surface area contributed by atoms with Crippen LogP contribution in [0.15, 0.2) is 151 Å². The summed E-state index contributed by atoms with van der Waals surface area (Å²) in [4.78, 5) is 31.9. The van der Waals surface area contributed by atoms with Gasteiger partial charge in [0.05, 0.1) is 21.9 Å². The maximum Gasteiger partial charge on any atom is 0.281 e. The van der Waals surface area contributed by atoms with Gasteiger partial charge in [0.15, 0.2) is 11.6 Å². The average Bonchev–Trinajstić information content (AvgIpc) is 3.46. The van der Waals surface area contributed by atoms with Crippen molar-refractivity contribution in [2.45, 2.75) is 0 Å². The van der Waals surface area contributed by atoms with Gasteiger partial charge in [0, 0.05) is 28.1 Å². The summed E-state index contributed by atoms with van der Waals surface area (Å²) in [5.74, 6) is 1.78. The number of fused-ring (bicyclic) bond motifs is 6. The van der Waals surface area contributed by atoms with Crippen LogP contribution in [0.3, 0.4) is 0 Å². The van der Waals surface area contributed by atoms with Gasteiger partial charge in [-0.1, -0.05) is 97.1 Å². The van der Waals surface area contributed by atoms with Gasteiger partial charge in [0.1, 0.15) is 5.65 Å². The summed E-state index contributed by atoms with van der Waals surface area (Å²) in [5, 5.41) is 2.77. The summed E-state index contributed by atoms with van der Waals surface area (Å²) >= 11 is 0. The standard InChI is InChI=1S/C39H24N6O/c46-38-30-16-8-9-17-32(30)44-24-28(20-22-35(44)40-38)27-19-21-34-31(23-27)29-15-7-10-18-33(29)45(34)39-42-36(25-11-3-1-4-12-25)41-37(43-39)26-13-5-2-6-14-26/h1-24H. The highest BCUT2D eigenvalue weighted by atomic mass is 16.1. The van der Waals surface area contributed by atoms with Crippen LogP contribution < -0.4 is 5.56 Å². The molecule has 9 aromatic rings. The molecule has 0 bridgehead atoms. The van der Waals surface area contributed by atoms with Gasteiger partial charge < -0.3 is 4.40 Å². The van der Waals surface area contributed by atoms with Crippen molar-refractivity contribution in [1.29, 1.82) is 0 Å². The molecule has 216 valence electrons. The highest BCUT2D eigenvalue weighted by molar-refractivity contribution is 6.10. The largest absolute Gasteiger partial charge is 0.300 e. The maximum absolute atomic E-state index is 12.6. The van der Waals surface area contributed by atoms with Crippen molar-refractivity contribution in [3.63, 3.8) is 0 Å². The lowest BCUT2D eigenvalue weighted by molar-refractivity contribution is 0.953. The maximum atomic E-state index is 12.6. The van der Waals surface area contributed by atoms with Crippen molar-refractivity contribution in [2.75, 3.05) is 0 Å². The number of nitrogens with zero attached hydrogens (tertiary/aromatic N) is 6. The molecule has 0 aliphatic carbocycles. The Morgan fingerprint density at radius 2 is 1.02 bits per heavy atom. The summed E-state index contributed by atoms with van der Waals surface area (Å²) in [7, 11) is 0. The normalized spacial score (nSPS) is 11.6. The van der Waals surface area contributed by atoms with E-state index in [0.29, 0.717) is 28.6 Å². The van der Waals surface area contributed by atoms with E-state index in [1.165, 1.54) is 0 Å². The van der Waals surface area contributed by atoms with Crippen molar-refractivity contribution in [3.05, 3.63) is 156 Å². The lowest BCUT2D eigenvalue weighted by atomic mass is 10.0. The third-order valence-corrected chi connectivity index (χ3v) is 8.43. The van der Waals surface area contributed by atoms with Crippen molar-refractivity contribution < 1.29 is 0 Å². The van der Waals surface area contributed by atoms with Crippen LogP contribution in [0.5, 0.6) is 0 Å². The molecule has 7 heteroatoms. The molecule has 46 heavy (non-hydrogen) atoms. The Morgan fingerprint density at radius 3 is 1.74 bits per heavy atom. The molecular weight excluding hydrogens is 568 g/mol. The van der Waals surface area contributed by atoms with Crippen LogP contribution in [0.1, 0.15) is 0 Å². The number of aromatic nitrogens is 6. The van der Waals surface area contributed by atoms with Gasteiger partial charge in [0.2, 0.25) is 5.95 Å². The Kier molecular flexibility index (Phi) is 5.83. The summed E-state index contributed by atoms with van der Waals surface area (Å²) in [6.07, 6.45) is 2.05. The van der Waals surface area contributed by atoms with Crippen LogP contribution in [0.25, 0.3) is 78.2 Å². The SMILES string of the molecule is O=c1nc2ccc(-c3ccc4c(c3)c3ccccc3n4-c3nc(-c4ccccc4)nc(-c4ccccc4)n3)cn2c2ccccc12. The zero-order chi connectivity index (χ0) is 30.6. The molecule has 7 nitrogen and oxygen atoms in total. The van der Waals surface area contributed by atoms with Gasteiger partial charge in [-0.05, 0) is 53.6 Å². The molecule has 4 heterocycles.